The molecule has 1 aliphatic heterocycles. The van der Waals surface area contributed by atoms with Gasteiger partial charge in [-0.05, 0) is 64.9 Å². The van der Waals surface area contributed by atoms with Gasteiger partial charge in [-0.25, -0.2) is 0 Å². The van der Waals surface area contributed by atoms with Crippen LogP contribution in [0.4, 0.5) is 17.3 Å². The average Bonchev–Trinajstić information content (AvgIpc) is 3.58. The molecule has 0 saturated heterocycles. The molecule has 5 aromatic rings. The van der Waals surface area contributed by atoms with Gasteiger partial charge in [-0.15, -0.1) is 11.3 Å². The van der Waals surface area contributed by atoms with E-state index in [2.05, 4.69) is 36.9 Å². The summed E-state index contributed by atoms with van der Waals surface area (Å²) in [5, 5.41) is 2.95. The van der Waals surface area contributed by atoms with Crippen molar-refractivity contribution in [2.24, 2.45) is 0 Å². The number of rotatable bonds is 2. The first-order valence-corrected chi connectivity index (χ1v) is 12.7. The van der Waals surface area contributed by atoms with Crippen LogP contribution in [0.2, 0.25) is 0 Å². The highest BCUT2D eigenvalue weighted by Crippen LogP contribution is 2.53. The molecule has 0 spiro atoms. The summed E-state index contributed by atoms with van der Waals surface area (Å²) >= 11 is 1.56. The summed E-state index contributed by atoms with van der Waals surface area (Å²) in [7, 11) is 0. The van der Waals surface area contributed by atoms with Crippen LogP contribution in [0, 0.1) is 0 Å². The van der Waals surface area contributed by atoms with Crippen molar-refractivity contribution in [1.82, 2.24) is 0 Å². The topological polar surface area (TPSA) is 50.5 Å². The Kier molecular flexibility index (Phi) is 4.33. The second-order valence-corrected chi connectivity index (χ2v) is 10.7. The van der Waals surface area contributed by atoms with E-state index in [0.29, 0.717) is 22.8 Å². The maximum absolute atomic E-state index is 13.3. The predicted octanol–water partition coefficient (Wildman–Crippen LogP) is 8.07. The van der Waals surface area contributed by atoms with Gasteiger partial charge in [0.15, 0.2) is 11.6 Å². The summed E-state index contributed by atoms with van der Waals surface area (Å²) in [4.78, 5) is 28.7. The van der Waals surface area contributed by atoms with Crippen molar-refractivity contribution in [2.45, 2.75) is 19.3 Å². The molecule has 174 valence electrons. The highest BCUT2D eigenvalue weighted by Gasteiger charge is 2.40. The standard InChI is InChI=1S/C31H21NO3S/c1-31(2)24-10-6-7-11-26(24)32(19-8-4-3-5-9-19)30-25(31)16-20(35-30)15-23-28(33)21-14-18-12-13-36-27(18)17-22(21)29(23)34/h3-17H,1-2H3/b23-15-. The van der Waals surface area contributed by atoms with E-state index in [1.165, 1.54) is 5.56 Å². The Morgan fingerprint density at radius 3 is 2.36 bits per heavy atom. The van der Waals surface area contributed by atoms with E-state index in [1.807, 2.05) is 66.0 Å². The largest absolute Gasteiger partial charge is 0.440 e. The van der Waals surface area contributed by atoms with Crippen LogP contribution >= 0.6 is 11.3 Å². The number of carbonyl (C=O) groups excluding carboxylic acids is 2. The Labute approximate surface area is 212 Å². The molecule has 0 amide bonds. The first-order valence-electron chi connectivity index (χ1n) is 11.8. The van der Waals surface area contributed by atoms with E-state index in [-0.39, 0.29) is 22.6 Å². The van der Waals surface area contributed by atoms with E-state index in [1.54, 1.807) is 17.4 Å². The molecule has 0 bridgehead atoms. The molecule has 4 nitrogen and oxygen atoms in total. The van der Waals surface area contributed by atoms with Gasteiger partial charge in [0.25, 0.3) is 0 Å². The van der Waals surface area contributed by atoms with Gasteiger partial charge < -0.3 is 4.42 Å². The van der Waals surface area contributed by atoms with Crippen molar-refractivity contribution in [1.29, 1.82) is 0 Å². The van der Waals surface area contributed by atoms with Crippen LogP contribution in [0.15, 0.2) is 94.2 Å². The zero-order valence-electron chi connectivity index (χ0n) is 19.7. The van der Waals surface area contributed by atoms with Gasteiger partial charge in [-0.1, -0.05) is 50.2 Å². The highest BCUT2D eigenvalue weighted by molar-refractivity contribution is 7.17. The highest BCUT2D eigenvalue weighted by atomic mass is 32.1. The molecule has 0 unspecified atom stereocenters. The SMILES string of the molecule is CC1(C)c2ccccc2N(c2ccccc2)c2oc(/C=C3/C(=O)c4cc5ccsc5cc4C3=O)cc21. The molecule has 0 N–H and O–H groups in total. The van der Waals surface area contributed by atoms with Crippen LogP contribution in [0.5, 0.6) is 0 Å². The number of furan rings is 1. The third-order valence-electron chi connectivity index (χ3n) is 7.30. The molecule has 2 aromatic heterocycles. The Bertz CT molecular complexity index is 1700. The lowest BCUT2D eigenvalue weighted by Gasteiger charge is -2.38. The summed E-state index contributed by atoms with van der Waals surface area (Å²) in [5.41, 5.74) is 4.98. The molecule has 1 aliphatic carbocycles. The molecule has 7 rings (SSSR count). The molecule has 0 radical (unpaired) electrons. The van der Waals surface area contributed by atoms with E-state index >= 15 is 0 Å². The minimum absolute atomic E-state index is 0.148. The smallest absolute Gasteiger partial charge is 0.209 e. The van der Waals surface area contributed by atoms with Crippen molar-refractivity contribution in [3.05, 3.63) is 118 Å². The molecular weight excluding hydrogens is 466 g/mol. The number of anilines is 3. The van der Waals surface area contributed by atoms with Crippen LogP contribution < -0.4 is 4.90 Å². The summed E-state index contributed by atoms with van der Waals surface area (Å²) in [6.07, 6.45) is 1.61. The summed E-state index contributed by atoms with van der Waals surface area (Å²) in [6.45, 7) is 4.35. The quantitative estimate of drug-likeness (QED) is 0.187. The zero-order valence-corrected chi connectivity index (χ0v) is 20.6. The predicted molar refractivity (Wildman–Crippen MR) is 144 cm³/mol. The van der Waals surface area contributed by atoms with Gasteiger partial charge in [-0.2, -0.15) is 0 Å². The van der Waals surface area contributed by atoms with Crippen molar-refractivity contribution < 1.29 is 14.0 Å². The van der Waals surface area contributed by atoms with Gasteiger partial charge >= 0.3 is 0 Å². The molecular formula is C31H21NO3S. The molecule has 0 fully saturated rings. The third kappa shape index (κ3) is 2.87. The maximum atomic E-state index is 13.3. The van der Waals surface area contributed by atoms with Crippen LogP contribution in [-0.4, -0.2) is 11.6 Å². The minimum Gasteiger partial charge on any atom is -0.440 e. The number of thiophene rings is 1. The van der Waals surface area contributed by atoms with Gasteiger partial charge in [0.1, 0.15) is 5.76 Å². The number of hydrogen-bond donors (Lipinski definition) is 0. The fourth-order valence-corrected chi connectivity index (χ4v) is 6.23. The number of hydrogen-bond acceptors (Lipinski definition) is 5. The molecule has 3 heterocycles. The van der Waals surface area contributed by atoms with Crippen molar-refractivity contribution in [3.63, 3.8) is 0 Å². The average molecular weight is 488 g/mol. The summed E-state index contributed by atoms with van der Waals surface area (Å²) in [6, 6.07) is 26.0. The Morgan fingerprint density at radius 1 is 0.833 bits per heavy atom. The van der Waals surface area contributed by atoms with Crippen molar-refractivity contribution in [2.75, 3.05) is 4.90 Å². The summed E-state index contributed by atoms with van der Waals surface area (Å²) < 4.78 is 7.44. The second-order valence-electron chi connectivity index (χ2n) is 9.75. The lowest BCUT2D eigenvalue weighted by molar-refractivity contribution is 0.0990. The first-order chi connectivity index (χ1) is 17.4. The van der Waals surface area contributed by atoms with Gasteiger partial charge in [-0.3, -0.25) is 14.5 Å². The summed E-state index contributed by atoms with van der Waals surface area (Å²) in [5.74, 6) is 0.697. The number of nitrogens with zero attached hydrogens (tertiary/aromatic N) is 1. The van der Waals surface area contributed by atoms with Crippen LogP contribution in [-0.2, 0) is 5.41 Å². The normalized spacial score (nSPS) is 16.9. The lowest BCUT2D eigenvalue weighted by Crippen LogP contribution is -2.29. The number of allylic oxidation sites excluding steroid dienone is 1. The fraction of sp³-hybridized carbons (Fsp3) is 0.0968. The number of ketones is 2. The van der Waals surface area contributed by atoms with E-state index in [9.17, 15) is 9.59 Å². The van der Waals surface area contributed by atoms with Gasteiger partial charge in [0, 0.05) is 32.5 Å². The first kappa shape index (κ1) is 21.1. The number of benzene rings is 3. The maximum Gasteiger partial charge on any atom is 0.209 e. The van der Waals surface area contributed by atoms with Gasteiger partial charge in [0.05, 0.1) is 11.3 Å². The van der Waals surface area contributed by atoms with Crippen molar-refractivity contribution >= 4 is 56.3 Å². The zero-order chi connectivity index (χ0) is 24.6. The monoisotopic (exact) mass is 487 g/mol. The minimum atomic E-state index is -0.325. The van der Waals surface area contributed by atoms with Crippen LogP contribution in [0.25, 0.3) is 16.2 Å². The Balaban J connectivity index is 1.39. The van der Waals surface area contributed by atoms with E-state index < -0.39 is 0 Å². The number of fused-ring (bicyclic) bond motifs is 4. The Hall–Kier alpha value is -4.22. The molecule has 0 atom stereocenters. The van der Waals surface area contributed by atoms with E-state index in [4.69, 9.17) is 4.42 Å². The Morgan fingerprint density at radius 2 is 1.56 bits per heavy atom. The molecule has 36 heavy (non-hydrogen) atoms. The second kappa shape index (κ2) is 7.39. The lowest BCUT2D eigenvalue weighted by atomic mass is 9.75. The van der Waals surface area contributed by atoms with E-state index in [0.717, 1.165) is 27.0 Å². The third-order valence-corrected chi connectivity index (χ3v) is 8.18. The van der Waals surface area contributed by atoms with Crippen LogP contribution in [0.1, 0.15) is 51.5 Å². The van der Waals surface area contributed by atoms with Crippen molar-refractivity contribution in [3.8, 4) is 0 Å². The molecule has 3 aromatic carbocycles. The molecule has 0 saturated carbocycles. The number of Topliss-reactive ketones (excluding diaryl/α,β-unsaturated/α-hetero) is 2. The fourth-order valence-electron chi connectivity index (χ4n) is 5.42. The number of carbonyl (C=O) groups is 2. The van der Waals surface area contributed by atoms with Gasteiger partial charge in [0.2, 0.25) is 5.88 Å². The van der Waals surface area contributed by atoms with Crippen LogP contribution in [0.3, 0.4) is 0 Å². The number of para-hydroxylation sites is 2. The molecule has 5 heteroatoms. The molecule has 2 aliphatic rings.